The van der Waals surface area contributed by atoms with E-state index in [1.54, 1.807) is 13.0 Å². The van der Waals surface area contributed by atoms with Crippen LogP contribution in [0.1, 0.15) is 33.5 Å². The van der Waals surface area contributed by atoms with Crippen molar-refractivity contribution in [1.82, 2.24) is 5.32 Å². The molecule has 2 aromatic carbocycles. The second-order valence-electron chi connectivity index (χ2n) is 6.80. The Labute approximate surface area is 195 Å². The van der Waals surface area contributed by atoms with E-state index >= 15 is 0 Å². The van der Waals surface area contributed by atoms with Crippen LogP contribution in [-0.2, 0) is 15.3 Å². The first-order valence-corrected chi connectivity index (χ1v) is 10.1. The summed E-state index contributed by atoms with van der Waals surface area (Å²) in [6.07, 6.45) is -4.39. The highest BCUT2D eigenvalue weighted by Crippen LogP contribution is 2.50. The lowest BCUT2D eigenvalue weighted by atomic mass is 9.86. The molecule has 12 heteroatoms. The van der Waals surface area contributed by atoms with Gasteiger partial charge in [0.2, 0.25) is 0 Å². The van der Waals surface area contributed by atoms with E-state index in [2.05, 4.69) is 20.5 Å². The van der Waals surface area contributed by atoms with Crippen molar-refractivity contribution in [1.29, 1.82) is 0 Å². The summed E-state index contributed by atoms with van der Waals surface area (Å²) >= 11 is 17.8. The predicted octanol–water partition coefficient (Wildman–Crippen LogP) is 5.86. The molecular formula is C20H15Cl3F3N3O3. The van der Waals surface area contributed by atoms with E-state index in [-0.39, 0.29) is 26.3 Å². The normalized spacial score (nSPS) is 18.4. The van der Waals surface area contributed by atoms with Crippen molar-refractivity contribution >= 4 is 52.8 Å². The van der Waals surface area contributed by atoms with Crippen LogP contribution in [0.25, 0.3) is 0 Å². The first-order chi connectivity index (χ1) is 15.0. The van der Waals surface area contributed by atoms with Crippen molar-refractivity contribution in [2.45, 2.75) is 25.1 Å². The highest BCUT2D eigenvalue weighted by molar-refractivity contribution is 6.48. The van der Waals surface area contributed by atoms with Gasteiger partial charge in [0.05, 0.1) is 20.8 Å². The highest BCUT2D eigenvalue weighted by atomic mass is 35.5. The maximum Gasteiger partial charge on any atom is 0.435 e. The maximum atomic E-state index is 14.2. The maximum absolute atomic E-state index is 14.2. The molecule has 0 bridgehead atoms. The van der Waals surface area contributed by atoms with Crippen LogP contribution in [-0.4, -0.2) is 31.2 Å². The zero-order chi connectivity index (χ0) is 23.7. The molecule has 1 unspecified atom stereocenters. The van der Waals surface area contributed by atoms with Crippen molar-refractivity contribution < 1.29 is 27.6 Å². The number of alkyl halides is 3. The smallest absolute Gasteiger partial charge is 0.398 e. The van der Waals surface area contributed by atoms with Crippen LogP contribution >= 0.6 is 34.8 Å². The predicted molar refractivity (Wildman–Crippen MR) is 116 cm³/mol. The fraction of sp³-hybridized carbons (Fsp3) is 0.250. The Balaban J connectivity index is 1.93. The summed E-state index contributed by atoms with van der Waals surface area (Å²) in [6, 6.07) is 6.60. The number of aryl methyl sites for hydroxylation is 1. The highest BCUT2D eigenvalue weighted by Gasteiger charge is 2.62. The number of amides is 1. The van der Waals surface area contributed by atoms with Crippen LogP contribution in [0.5, 0.6) is 0 Å². The first kappa shape index (κ1) is 24.2. The van der Waals surface area contributed by atoms with E-state index in [0.717, 1.165) is 18.5 Å². The second kappa shape index (κ2) is 9.17. The Bertz CT molecular complexity index is 1100. The molecule has 32 heavy (non-hydrogen) atoms. The van der Waals surface area contributed by atoms with E-state index in [1.807, 2.05) is 0 Å². The average molecular weight is 509 g/mol. The van der Waals surface area contributed by atoms with Gasteiger partial charge in [-0.25, -0.2) is 0 Å². The molecule has 0 aliphatic carbocycles. The quantitative estimate of drug-likeness (QED) is 0.238. The monoisotopic (exact) mass is 507 g/mol. The Hall–Kier alpha value is -2.49. The van der Waals surface area contributed by atoms with Gasteiger partial charge < -0.3 is 15.0 Å². The molecule has 3 rings (SSSR count). The minimum atomic E-state index is -4.84. The molecule has 170 valence electrons. The van der Waals surface area contributed by atoms with E-state index in [9.17, 15) is 18.0 Å². The molecular weight excluding hydrogens is 494 g/mol. The molecule has 1 N–H and O–H groups in total. The van der Waals surface area contributed by atoms with Gasteiger partial charge in [-0.1, -0.05) is 51.2 Å². The Morgan fingerprint density at radius 1 is 1.25 bits per heavy atom. The van der Waals surface area contributed by atoms with Crippen molar-refractivity contribution in [3.05, 3.63) is 67.7 Å². The second-order valence-corrected chi connectivity index (χ2v) is 8.00. The zero-order valence-corrected chi connectivity index (χ0v) is 18.8. The lowest BCUT2D eigenvalue weighted by Gasteiger charge is -2.30. The first-order valence-electron chi connectivity index (χ1n) is 8.94. The van der Waals surface area contributed by atoms with Gasteiger partial charge >= 0.3 is 6.18 Å². The molecule has 0 spiro atoms. The lowest BCUT2D eigenvalue weighted by molar-refractivity contribution is -0.275. The molecule has 0 radical (unpaired) electrons. The van der Waals surface area contributed by atoms with Gasteiger partial charge in [0.15, 0.2) is 0 Å². The molecule has 1 amide bonds. The molecule has 0 aromatic heterocycles. The number of nitrogens with one attached hydrogen (secondary N) is 1. The SMILES string of the molecule is CON=CNC(=O)c1ccc(C2=NOC(c3cc(Cl)c(Cl)c(Cl)c3)(C(F)(F)F)C2)cc1C. The molecule has 1 heterocycles. The fourth-order valence-electron chi connectivity index (χ4n) is 3.16. The van der Waals surface area contributed by atoms with Crippen molar-refractivity contribution in [2.24, 2.45) is 10.3 Å². The number of rotatable bonds is 5. The van der Waals surface area contributed by atoms with Gasteiger partial charge in [0, 0.05) is 17.5 Å². The van der Waals surface area contributed by atoms with Gasteiger partial charge in [-0.15, -0.1) is 0 Å². The number of halogens is 6. The minimum Gasteiger partial charge on any atom is -0.398 e. The van der Waals surface area contributed by atoms with Gasteiger partial charge in [0.25, 0.3) is 11.5 Å². The van der Waals surface area contributed by atoms with Crippen LogP contribution in [0, 0.1) is 6.92 Å². The standard InChI is InChI=1S/C20H15Cl3F3N3O3/c1-10-5-11(3-4-13(10)18(30)27-9-28-31-2)16-8-19(32-29-16,20(24,25)26)12-6-14(21)17(23)15(22)7-12/h3-7,9H,8H2,1-2H3,(H,27,28,30). The zero-order valence-electron chi connectivity index (χ0n) is 16.6. The van der Waals surface area contributed by atoms with Crippen LogP contribution < -0.4 is 5.32 Å². The van der Waals surface area contributed by atoms with E-state index in [4.69, 9.17) is 39.6 Å². The van der Waals surface area contributed by atoms with Crippen molar-refractivity contribution in [2.75, 3.05) is 7.11 Å². The summed E-state index contributed by atoms with van der Waals surface area (Å²) in [6.45, 7) is 1.64. The van der Waals surface area contributed by atoms with Crippen LogP contribution in [0.3, 0.4) is 0 Å². The molecule has 0 saturated carbocycles. The van der Waals surface area contributed by atoms with Crippen LogP contribution in [0.15, 0.2) is 40.6 Å². The Morgan fingerprint density at radius 3 is 2.47 bits per heavy atom. The number of hydrogen-bond donors (Lipinski definition) is 1. The Kier molecular flexibility index (Phi) is 6.92. The summed E-state index contributed by atoms with van der Waals surface area (Å²) in [5.41, 5.74) is -1.90. The fourth-order valence-corrected chi connectivity index (χ4v) is 3.76. The van der Waals surface area contributed by atoms with Crippen LogP contribution in [0.2, 0.25) is 15.1 Å². The molecule has 1 atom stereocenters. The molecule has 0 saturated heterocycles. The van der Waals surface area contributed by atoms with Crippen molar-refractivity contribution in [3.8, 4) is 0 Å². The van der Waals surface area contributed by atoms with Gasteiger partial charge in [-0.05, 0) is 42.3 Å². The molecule has 0 fully saturated rings. The number of oxime groups is 2. The Morgan fingerprint density at radius 2 is 1.91 bits per heavy atom. The number of hydrogen-bond acceptors (Lipinski definition) is 5. The molecule has 1 aliphatic rings. The number of carbonyl (C=O) groups excluding carboxylic acids is 1. The van der Waals surface area contributed by atoms with Gasteiger partial charge in [0.1, 0.15) is 13.4 Å². The van der Waals surface area contributed by atoms with Gasteiger partial charge in [-0.2, -0.15) is 13.2 Å². The number of nitrogens with zero attached hydrogens (tertiary/aromatic N) is 2. The molecule has 1 aliphatic heterocycles. The summed E-state index contributed by atoms with van der Waals surface area (Å²) in [7, 11) is 1.32. The number of carbonyl (C=O) groups is 1. The third-order valence-corrected chi connectivity index (χ3v) is 5.99. The summed E-state index contributed by atoms with van der Waals surface area (Å²) in [5, 5.41) is 9.17. The summed E-state index contributed by atoms with van der Waals surface area (Å²) < 4.78 is 42.5. The molecule has 6 nitrogen and oxygen atoms in total. The summed E-state index contributed by atoms with van der Waals surface area (Å²) in [5.74, 6) is -0.463. The summed E-state index contributed by atoms with van der Waals surface area (Å²) in [4.78, 5) is 21.6. The van der Waals surface area contributed by atoms with E-state index in [0.29, 0.717) is 16.7 Å². The lowest BCUT2D eigenvalue weighted by Crippen LogP contribution is -2.42. The van der Waals surface area contributed by atoms with E-state index < -0.39 is 24.1 Å². The van der Waals surface area contributed by atoms with Gasteiger partial charge in [-0.3, -0.25) is 4.79 Å². The average Bonchev–Trinajstić information content (AvgIpc) is 3.18. The largest absolute Gasteiger partial charge is 0.435 e. The third-order valence-electron chi connectivity index (χ3n) is 4.79. The topological polar surface area (TPSA) is 72.3 Å². The van der Waals surface area contributed by atoms with Crippen LogP contribution in [0.4, 0.5) is 13.2 Å². The minimum absolute atomic E-state index is 0.0422. The molecule has 2 aromatic rings. The number of benzene rings is 2. The third kappa shape index (κ3) is 4.51. The van der Waals surface area contributed by atoms with Crippen molar-refractivity contribution in [3.63, 3.8) is 0 Å². The van der Waals surface area contributed by atoms with E-state index in [1.165, 1.54) is 19.2 Å².